The maximum Gasteiger partial charge on any atom is 0.237 e. The summed E-state index contributed by atoms with van der Waals surface area (Å²) in [5.74, 6) is 0.650. The highest BCUT2D eigenvalue weighted by Gasteiger charge is 2.16. The Balaban J connectivity index is 2.01. The predicted molar refractivity (Wildman–Crippen MR) is 93.4 cm³/mol. The van der Waals surface area contributed by atoms with E-state index in [-0.39, 0.29) is 11.2 Å². The summed E-state index contributed by atoms with van der Waals surface area (Å²) in [6.45, 7) is 1.84. The van der Waals surface area contributed by atoms with Crippen LogP contribution in [0.25, 0.3) is 0 Å². The Morgan fingerprint density at radius 3 is 2.50 bits per heavy atom. The van der Waals surface area contributed by atoms with Crippen molar-refractivity contribution in [3.05, 3.63) is 52.5 Å². The second kappa shape index (κ2) is 7.77. The third-order valence-electron chi connectivity index (χ3n) is 2.95. The van der Waals surface area contributed by atoms with Gasteiger partial charge in [0, 0.05) is 4.90 Å². The van der Waals surface area contributed by atoms with E-state index in [1.54, 1.807) is 25.3 Å². The first-order valence-corrected chi connectivity index (χ1v) is 8.20. The minimum absolute atomic E-state index is 0.134. The molecule has 0 fully saturated rings. The van der Waals surface area contributed by atoms with Crippen molar-refractivity contribution in [2.24, 2.45) is 0 Å². The van der Waals surface area contributed by atoms with Gasteiger partial charge in [-0.2, -0.15) is 0 Å². The van der Waals surface area contributed by atoms with Gasteiger partial charge < -0.3 is 10.1 Å². The number of nitrogens with one attached hydrogen (secondary N) is 1. The second-order valence-corrected chi connectivity index (χ2v) is 6.73. The minimum Gasteiger partial charge on any atom is -0.497 e. The third-order valence-corrected chi connectivity index (χ3v) is 4.88. The molecule has 2 rings (SSSR count). The van der Waals surface area contributed by atoms with Crippen LogP contribution in [0.2, 0.25) is 10.0 Å². The van der Waals surface area contributed by atoms with Gasteiger partial charge in [0.2, 0.25) is 5.91 Å². The molecule has 0 spiro atoms. The molecule has 2 aromatic rings. The van der Waals surface area contributed by atoms with Crippen LogP contribution in [0.4, 0.5) is 5.69 Å². The number of anilines is 1. The number of thioether (sulfide) groups is 1. The van der Waals surface area contributed by atoms with Gasteiger partial charge in [-0.3, -0.25) is 4.79 Å². The SMILES string of the molecule is COc1ccc(S[C@H](C)C(=O)Nc2cccc(Cl)c2Cl)cc1. The van der Waals surface area contributed by atoms with E-state index in [9.17, 15) is 4.79 Å². The average Bonchev–Trinajstić information content (AvgIpc) is 2.52. The molecule has 0 radical (unpaired) electrons. The molecule has 0 aliphatic carbocycles. The normalized spacial score (nSPS) is 11.8. The zero-order chi connectivity index (χ0) is 16.1. The average molecular weight is 356 g/mol. The number of carbonyl (C=O) groups is 1. The standard InChI is InChI=1S/C16H15Cl2NO2S/c1-10(22-12-8-6-11(21-2)7-9-12)16(20)19-14-5-3-4-13(17)15(14)18/h3-10H,1-2H3,(H,19,20)/t10-/m1/s1. The van der Waals surface area contributed by atoms with Crippen molar-refractivity contribution in [1.82, 2.24) is 0 Å². The van der Waals surface area contributed by atoms with Gasteiger partial charge in [0.15, 0.2) is 0 Å². The van der Waals surface area contributed by atoms with Crippen LogP contribution in [-0.2, 0) is 4.79 Å². The zero-order valence-electron chi connectivity index (χ0n) is 12.1. The number of ether oxygens (including phenoxy) is 1. The lowest BCUT2D eigenvalue weighted by Crippen LogP contribution is -2.22. The molecule has 22 heavy (non-hydrogen) atoms. The highest BCUT2D eigenvalue weighted by atomic mass is 35.5. The van der Waals surface area contributed by atoms with E-state index in [1.165, 1.54) is 11.8 Å². The summed E-state index contributed by atoms with van der Waals surface area (Å²) in [5, 5.41) is 3.28. The first-order chi connectivity index (χ1) is 10.5. The Hall–Kier alpha value is -1.36. The van der Waals surface area contributed by atoms with Gasteiger partial charge in [0.1, 0.15) is 5.75 Å². The lowest BCUT2D eigenvalue weighted by atomic mass is 10.3. The van der Waals surface area contributed by atoms with Crippen LogP contribution < -0.4 is 10.1 Å². The molecule has 3 nitrogen and oxygen atoms in total. The van der Waals surface area contributed by atoms with Crippen LogP contribution in [0.1, 0.15) is 6.92 Å². The molecule has 0 bridgehead atoms. The van der Waals surface area contributed by atoms with Crippen molar-refractivity contribution in [1.29, 1.82) is 0 Å². The Labute approximate surface area is 144 Å². The fraction of sp³-hybridized carbons (Fsp3) is 0.188. The van der Waals surface area contributed by atoms with Crippen molar-refractivity contribution >= 4 is 46.6 Å². The van der Waals surface area contributed by atoms with E-state index in [4.69, 9.17) is 27.9 Å². The Morgan fingerprint density at radius 1 is 1.18 bits per heavy atom. The van der Waals surface area contributed by atoms with Crippen molar-refractivity contribution in [3.8, 4) is 5.75 Å². The number of hydrogen-bond donors (Lipinski definition) is 1. The van der Waals surface area contributed by atoms with E-state index >= 15 is 0 Å². The van der Waals surface area contributed by atoms with Crippen LogP contribution in [0.3, 0.4) is 0 Å². The highest BCUT2D eigenvalue weighted by molar-refractivity contribution is 8.00. The molecule has 0 saturated carbocycles. The summed E-state index contributed by atoms with van der Waals surface area (Å²) >= 11 is 13.5. The van der Waals surface area contributed by atoms with E-state index in [0.717, 1.165) is 10.6 Å². The van der Waals surface area contributed by atoms with Gasteiger partial charge in [-0.15, -0.1) is 11.8 Å². The van der Waals surface area contributed by atoms with Gasteiger partial charge in [-0.05, 0) is 43.3 Å². The van der Waals surface area contributed by atoms with Gasteiger partial charge in [-0.25, -0.2) is 0 Å². The second-order valence-electron chi connectivity index (χ2n) is 4.53. The molecule has 0 saturated heterocycles. The summed E-state index contributed by atoms with van der Waals surface area (Å²) in [6, 6.07) is 12.7. The van der Waals surface area contributed by atoms with Gasteiger partial charge in [-0.1, -0.05) is 29.3 Å². The predicted octanol–water partition coefficient (Wildman–Crippen LogP) is 5.12. The highest BCUT2D eigenvalue weighted by Crippen LogP contribution is 2.31. The van der Waals surface area contributed by atoms with Crippen molar-refractivity contribution in [2.75, 3.05) is 12.4 Å². The first-order valence-electron chi connectivity index (χ1n) is 6.57. The molecular weight excluding hydrogens is 341 g/mol. The Bertz CT molecular complexity index is 662. The smallest absolute Gasteiger partial charge is 0.237 e. The van der Waals surface area contributed by atoms with Gasteiger partial charge >= 0.3 is 0 Å². The van der Waals surface area contributed by atoms with Crippen molar-refractivity contribution in [3.63, 3.8) is 0 Å². The molecule has 2 aromatic carbocycles. The number of rotatable bonds is 5. The summed E-state index contributed by atoms with van der Waals surface area (Å²) in [5.41, 5.74) is 0.515. The maximum absolute atomic E-state index is 12.2. The molecule has 0 aliphatic heterocycles. The monoisotopic (exact) mass is 355 g/mol. The molecule has 0 aliphatic rings. The minimum atomic E-state index is -0.275. The number of benzene rings is 2. The third kappa shape index (κ3) is 4.32. The van der Waals surface area contributed by atoms with Crippen molar-refractivity contribution in [2.45, 2.75) is 17.1 Å². The number of halogens is 2. The van der Waals surface area contributed by atoms with Crippen LogP contribution in [0, 0.1) is 0 Å². The van der Waals surface area contributed by atoms with Crippen LogP contribution >= 0.6 is 35.0 Å². The van der Waals surface area contributed by atoms with E-state index < -0.39 is 0 Å². The van der Waals surface area contributed by atoms with Crippen molar-refractivity contribution < 1.29 is 9.53 Å². The fourth-order valence-corrected chi connectivity index (χ4v) is 2.96. The molecular formula is C16H15Cl2NO2S. The Kier molecular flexibility index (Phi) is 6.00. The lowest BCUT2D eigenvalue weighted by molar-refractivity contribution is -0.115. The number of methoxy groups -OCH3 is 1. The molecule has 116 valence electrons. The lowest BCUT2D eigenvalue weighted by Gasteiger charge is -2.13. The largest absolute Gasteiger partial charge is 0.497 e. The molecule has 1 amide bonds. The number of carbonyl (C=O) groups excluding carboxylic acids is 1. The topological polar surface area (TPSA) is 38.3 Å². The summed E-state index contributed by atoms with van der Waals surface area (Å²) < 4.78 is 5.11. The van der Waals surface area contributed by atoms with E-state index in [2.05, 4.69) is 5.32 Å². The zero-order valence-corrected chi connectivity index (χ0v) is 14.4. The molecule has 0 heterocycles. The molecule has 0 unspecified atom stereocenters. The van der Waals surface area contributed by atoms with Gasteiger partial charge in [0.25, 0.3) is 0 Å². The van der Waals surface area contributed by atoms with Crippen LogP contribution in [-0.4, -0.2) is 18.3 Å². The molecule has 6 heteroatoms. The molecule has 0 aromatic heterocycles. The quantitative estimate of drug-likeness (QED) is 0.756. The van der Waals surface area contributed by atoms with Gasteiger partial charge in [0.05, 0.1) is 28.1 Å². The number of amides is 1. The van der Waals surface area contributed by atoms with Crippen LogP contribution in [0.15, 0.2) is 47.4 Å². The maximum atomic E-state index is 12.2. The van der Waals surface area contributed by atoms with E-state index in [1.807, 2.05) is 31.2 Å². The Morgan fingerprint density at radius 2 is 1.86 bits per heavy atom. The summed E-state index contributed by atoms with van der Waals surface area (Å²) in [7, 11) is 1.62. The molecule has 1 atom stereocenters. The summed E-state index contributed by atoms with van der Waals surface area (Å²) in [4.78, 5) is 13.2. The van der Waals surface area contributed by atoms with Crippen LogP contribution in [0.5, 0.6) is 5.75 Å². The first kappa shape index (κ1) is 17.0. The summed E-state index contributed by atoms with van der Waals surface area (Å²) in [6.07, 6.45) is 0. The fourth-order valence-electron chi connectivity index (χ4n) is 1.75. The number of hydrogen-bond acceptors (Lipinski definition) is 3. The van der Waals surface area contributed by atoms with E-state index in [0.29, 0.717) is 15.7 Å². The molecule has 1 N–H and O–H groups in total.